The van der Waals surface area contributed by atoms with Gasteiger partial charge in [0, 0.05) is 46.3 Å². The normalized spacial score (nSPS) is 25.5. The monoisotopic (exact) mass is 243 g/mol. The summed E-state index contributed by atoms with van der Waals surface area (Å²) in [4.78, 5) is 15.7. The number of ether oxygens (including phenoxy) is 1. The maximum absolute atomic E-state index is 11.1. The van der Waals surface area contributed by atoms with Gasteiger partial charge in [-0.1, -0.05) is 0 Å². The molecule has 0 aromatic rings. The molecule has 1 amide bonds. The molecule has 100 valence electrons. The summed E-state index contributed by atoms with van der Waals surface area (Å²) in [6.45, 7) is 2.81. The van der Waals surface area contributed by atoms with Crippen molar-refractivity contribution in [3.05, 3.63) is 0 Å². The van der Waals surface area contributed by atoms with Gasteiger partial charge in [0.15, 0.2) is 0 Å². The van der Waals surface area contributed by atoms with Crippen molar-refractivity contribution in [2.75, 3.05) is 47.9 Å². The SMILES string of the molecule is CNC(=O)CCN(C)C[C@@H]1C[C@H](OC)CN1C. The van der Waals surface area contributed by atoms with Gasteiger partial charge in [0.05, 0.1) is 6.10 Å². The second-order valence-electron chi connectivity index (χ2n) is 4.87. The minimum Gasteiger partial charge on any atom is -0.380 e. The number of methoxy groups -OCH3 is 1. The zero-order valence-electron chi connectivity index (χ0n) is 11.4. The Morgan fingerprint density at radius 3 is 2.82 bits per heavy atom. The highest BCUT2D eigenvalue weighted by molar-refractivity contribution is 5.75. The largest absolute Gasteiger partial charge is 0.380 e. The van der Waals surface area contributed by atoms with Gasteiger partial charge in [-0.15, -0.1) is 0 Å². The van der Waals surface area contributed by atoms with Crippen molar-refractivity contribution < 1.29 is 9.53 Å². The number of likely N-dealkylation sites (N-methyl/N-ethyl adjacent to an activating group) is 2. The summed E-state index contributed by atoms with van der Waals surface area (Å²) in [5, 5.41) is 2.64. The van der Waals surface area contributed by atoms with Gasteiger partial charge in [0.1, 0.15) is 0 Å². The molecule has 1 fully saturated rings. The number of hydrogen-bond donors (Lipinski definition) is 1. The Kier molecular flexibility index (Phi) is 5.88. The zero-order chi connectivity index (χ0) is 12.8. The lowest BCUT2D eigenvalue weighted by Gasteiger charge is -2.25. The first-order chi connectivity index (χ1) is 8.06. The molecule has 17 heavy (non-hydrogen) atoms. The van der Waals surface area contributed by atoms with E-state index < -0.39 is 0 Å². The van der Waals surface area contributed by atoms with Crippen LogP contribution in [0.2, 0.25) is 0 Å². The number of rotatable bonds is 6. The van der Waals surface area contributed by atoms with Crippen molar-refractivity contribution in [3.63, 3.8) is 0 Å². The molecule has 1 N–H and O–H groups in total. The minimum atomic E-state index is 0.103. The Bertz CT molecular complexity index is 248. The van der Waals surface area contributed by atoms with Crippen LogP contribution in [0.25, 0.3) is 0 Å². The first-order valence-corrected chi connectivity index (χ1v) is 6.19. The lowest BCUT2D eigenvalue weighted by molar-refractivity contribution is -0.120. The van der Waals surface area contributed by atoms with E-state index in [1.807, 2.05) is 0 Å². The molecular formula is C12H25N3O2. The van der Waals surface area contributed by atoms with E-state index in [0.29, 0.717) is 18.6 Å². The molecule has 2 atom stereocenters. The van der Waals surface area contributed by atoms with E-state index in [1.54, 1.807) is 14.2 Å². The van der Waals surface area contributed by atoms with Crippen molar-refractivity contribution in [1.82, 2.24) is 15.1 Å². The van der Waals surface area contributed by atoms with Crippen molar-refractivity contribution in [2.45, 2.75) is 25.0 Å². The first-order valence-electron chi connectivity index (χ1n) is 6.19. The van der Waals surface area contributed by atoms with Crippen LogP contribution in [-0.4, -0.2) is 75.7 Å². The Labute approximate surface area is 104 Å². The lowest BCUT2D eigenvalue weighted by atomic mass is 10.2. The van der Waals surface area contributed by atoms with Gasteiger partial charge in [-0.05, 0) is 20.5 Å². The summed E-state index contributed by atoms with van der Waals surface area (Å²) in [5.74, 6) is 0.103. The predicted molar refractivity (Wildman–Crippen MR) is 68.0 cm³/mol. The third-order valence-corrected chi connectivity index (χ3v) is 3.51. The molecule has 0 spiro atoms. The standard InChI is InChI=1S/C12H25N3O2/c1-13-12(16)5-6-14(2)8-10-7-11(17-4)9-15(10)3/h10-11H,5-9H2,1-4H3,(H,13,16)/t10-,11-/m0/s1. The van der Waals surface area contributed by atoms with Gasteiger partial charge in [0.2, 0.25) is 5.91 Å². The molecule has 1 heterocycles. The highest BCUT2D eigenvalue weighted by atomic mass is 16.5. The number of nitrogens with one attached hydrogen (secondary N) is 1. The van der Waals surface area contributed by atoms with E-state index in [1.165, 1.54) is 0 Å². The summed E-state index contributed by atoms with van der Waals surface area (Å²) in [5.41, 5.74) is 0. The summed E-state index contributed by atoms with van der Waals surface area (Å²) in [6.07, 6.45) is 2.01. The smallest absolute Gasteiger partial charge is 0.221 e. The van der Waals surface area contributed by atoms with E-state index in [4.69, 9.17) is 4.74 Å². The van der Waals surface area contributed by atoms with Crippen LogP contribution in [0.4, 0.5) is 0 Å². The second-order valence-corrected chi connectivity index (χ2v) is 4.87. The highest BCUT2D eigenvalue weighted by Gasteiger charge is 2.29. The molecule has 5 nitrogen and oxygen atoms in total. The Hall–Kier alpha value is -0.650. The number of carbonyl (C=O) groups is 1. The van der Waals surface area contributed by atoms with E-state index in [2.05, 4.69) is 29.2 Å². The van der Waals surface area contributed by atoms with Crippen LogP contribution in [-0.2, 0) is 9.53 Å². The van der Waals surface area contributed by atoms with Crippen molar-refractivity contribution in [1.29, 1.82) is 0 Å². The second kappa shape index (κ2) is 6.93. The minimum absolute atomic E-state index is 0.103. The van der Waals surface area contributed by atoms with Crippen LogP contribution < -0.4 is 5.32 Å². The van der Waals surface area contributed by atoms with E-state index >= 15 is 0 Å². The summed E-state index contributed by atoms with van der Waals surface area (Å²) >= 11 is 0. The average molecular weight is 243 g/mol. The maximum atomic E-state index is 11.1. The Morgan fingerprint density at radius 1 is 1.59 bits per heavy atom. The van der Waals surface area contributed by atoms with Crippen LogP contribution in [0.15, 0.2) is 0 Å². The third-order valence-electron chi connectivity index (χ3n) is 3.51. The van der Waals surface area contributed by atoms with Gasteiger partial charge < -0.3 is 15.0 Å². The van der Waals surface area contributed by atoms with Gasteiger partial charge in [-0.2, -0.15) is 0 Å². The predicted octanol–water partition coefficient (Wildman–Crippen LogP) is -0.227. The molecule has 0 bridgehead atoms. The molecule has 1 saturated heterocycles. The fourth-order valence-corrected chi connectivity index (χ4v) is 2.28. The van der Waals surface area contributed by atoms with E-state index in [-0.39, 0.29) is 5.91 Å². The maximum Gasteiger partial charge on any atom is 0.221 e. The topological polar surface area (TPSA) is 44.8 Å². The molecule has 1 aliphatic heterocycles. The molecule has 0 saturated carbocycles. The molecule has 0 aliphatic carbocycles. The Morgan fingerprint density at radius 2 is 2.29 bits per heavy atom. The van der Waals surface area contributed by atoms with Crippen molar-refractivity contribution >= 4 is 5.91 Å². The highest BCUT2D eigenvalue weighted by Crippen LogP contribution is 2.18. The molecule has 0 unspecified atom stereocenters. The van der Waals surface area contributed by atoms with Gasteiger partial charge in [-0.25, -0.2) is 0 Å². The fraction of sp³-hybridized carbons (Fsp3) is 0.917. The number of carbonyl (C=O) groups excluding carboxylic acids is 1. The van der Waals surface area contributed by atoms with Crippen LogP contribution in [0.5, 0.6) is 0 Å². The number of nitrogens with zero attached hydrogens (tertiary/aromatic N) is 2. The summed E-state index contributed by atoms with van der Waals surface area (Å²) in [7, 11) is 7.65. The van der Waals surface area contributed by atoms with Crippen molar-refractivity contribution in [2.24, 2.45) is 0 Å². The van der Waals surface area contributed by atoms with Crippen LogP contribution in [0.1, 0.15) is 12.8 Å². The third kappa shape index (κ3) is 4.61. The molecule has 0 radical (unpaired) electrons. The zero-order valence-corrected chi connectivity index (χ0v) is 11.4. The quantitative estimate of drug-likeness (QED) is 0.700. The number of likely N-dealkylation sites (tertiary alicyclic amines) is 1. The fourth-order valence-electron chi connectivity index (χ4n) is 2.28. The molecule has 1 rings (SSSR count). The molecule has 5 heteroatoms. The van der Waals surface area contributed by atoms with Gasteiger partial charge >= 0.3 is 0 Å². The average Bonchev–Trinajstić information content (AvgIpc) is 2.67. The lowest BCUT2D eigenvalue weighted by Crippen LogP contribution is -2.38. The molecule has 1 aliphatic rings. The molecule has 0 aromatic heterocycles. The van der Waals surface area contributed by atoms with Gasteiger partial charge in [-0.3, -0.25) is 9.69 Å². The first kappa shape index (κ1) is 14.4. The van der Waals surface area contributed by atoms with E-state index in [0.717, 1.165) is 26.1 Å². The van der Waals surface area contributed by atoms with Crippen LogP contribution in [0.3, 0.4) is 0 Å². The van der Waals surface area contributed by atoms with Crippen LogP contribution >= 0.6 is 0 Å². The van der Waals surface area contributed by atoms with E-state index in [9.17, 15) is 4.79 Å². The van der Waals surface area contributed by atoms with Gasteiger partial charge in [0.25, 0.3) is 0 Å². The summed E-state index contributed by atoms with van der Waals surface area (Å²) in [6, 6.07) is 0.537. The number of hydrogen-bond acceptors (Lipinski definition) is 4. The van der Waals surface area contributed by atoms with Crippen LogP contribution in [0, 0.1) is 0 Å². The number of amides is 1. The molecule has 0 aromatic carbocycles. The Balaban J connectivity index is 2.26. The van der Waals surface area contributed by atoms with Crippen molar-refractivity contribution in [3.8, 4) is 0 Å². The molecular weight excluding hydrogens is 218 g/mol. The summed E-state index contributed by atoms with van der Waals surface area (Å²) < 4.78 is 5.38.